The maximum Gasteiger partial charge on any atom is 0.255 e. The van der Waals surface area contributed by atoms with Crippen molar-refractivity contribution >= 4 is 39.6 Å². The van der Waals surface area contributed by atoms with Crippen molar-refractivity contribution < 1.29 is 19.2 Å². The normalized spacial score (nSPS) is 21.1. The Kier molecular flexibility index (Phi) is 8.40. The molecule has 184 valence electrons. The highest BCUT2D eigenvalue weighted by atomic mass is 79.9. The summed E-state index contributed by atoms with van der Waals surface area (Å²) in [6, 6.07) is 5.43. The zero-order chi connectivity index (χ0) is 24.1. The molecule has 1 N–H and O–H groups in total. The lowest BCUT2D eigenvalue weighted by Crippen LogP contribution is -2.52. The molecule has 0 radical (unpaired) electrons. The number of rotatable bonds is 9. The van der Waals surface area contributed by atoms with E-state index in [4.69, 9.17) is 0 Å². The van der Waals surface area contributed by atoms with Crippen LogP contribution in [0.25, 0.3) is 0 Å². The van der Waals surface area contributed by atoms with Crippen LogP contribution < -0.4 is 5.32 Å². The van der Waals surface area contributed by atoms with Gasteiger partial charge in [0, 0.05) is 43.4 Å². The van der Waals surface area contributed by atoms with Crippen LogP contribution in [0.2, 0.25) is 0 Å². The Bertz CT molecular complexity index is 942. The lowest BCUT2D eigenvalue weighted by atomic mass is 9.87. The summed E-state index contributed by atoms with van der Waals surface area (Å²) < 4.78 is 0. The minimum absolute atomic E-state index is 0.136. The number of alkyl halides is 1. The number of carbonyl (C=O) groups excluding carboxylic acids is 4. The van der Waals surface area contributed by atoms with E-state index in [1.54, 1.807) is 4.90 Å². The van der Waals surface area contributed by atoms with Crippen molar-refractivity contribution in [2.75, 3.05) is 18.4 Å². The molecule has 1 unspecified atom stereocenters. The molecule has 2 fully saturated rings. The molecule has 0 aliphatic carbocycles. The van der Waals surface area contributed by atoms with Crippen LogP contribution >= 0.6 is 15.9 Å². The van der Waals surface area contributed by atoms with Gasteiger partial charge in [-0.2, -0.15) is 0 Å². The predicted octanol–water partition coefficient (Wildman–Crippen LogP) is 3.89. The number of fused-ring (bicyclic) bond motifs is 1. The minimum Gasteiger partial charge on any atom is -0.343 e. The smallest absolute Gasteiger partial charge is 0.255 e. The first kappa shape index (κ1) is 24.9. The molecular formula is C26H34BrN3O4. The van der Waals surface area contributed by atoms with Crippen LogP contribution in [0.4, 0.5) is 0 Å². The van der Waals surface area contributed by atoms with E-state index < -0.39 is 6.04 Å². The number of imide groups is 1. The van der Waals surface area contributed by atoms with Crippen molar-refractivity contribution in [3.63, 3.8) is 0 Å². The van der Waals surface area contributed by atoms with Crippen molar-refractivity contribution in [1.82, 2.24) is 15.1 Å². The Morgan fingerprint density at radius 1 is 1.00 bits per heavy atom. The van der Waals surface area contributed by atoms with Crippen molar-refractivity contribution in [3.05, 3.63) is 34.9 Å². The first-order valence-corrected chi connectivity index (χ1v) is 13.7. The predicted molar refractivity (Wildman–Crippen MR) is 133 cm³/mol. The van der Waals surface area contributed by atoms with E-state index in [0.29, 0.717) is 30.9 Å². The molecule has 4 amide bonds. The van der Waals surface area contributed by atoms with Gasteiger partial charge in [-0.15, -0.1) is 0 Å². The van der Waals surface area contributed by atoms with Crippen LogP contribution in [0.1, 0.15) is 91.6 Å². The molecule has 34 heavy (non-hydrogen) atoms. The number of likely N-dealkylation sites (tertiary alicyclic amines) is 1. The van der Waals surface area contributed by atoms with Gasteiger partial charge in [0.25, 0.3) is 5.91 Å². The van der Waals surface area contributed by atoms with Crippen LogP contribution in [0, 0.1) is 0 Å². The van der Waals surface area contributed by atoms with Gasteiger partial charge in [0.1, 0.15) is 6.04 Å². The number of amides is 4. The molecule has 3 heterocycles. The molecule has 0 spiro atoms. The van der Waals surface area contributed by atoms with Gasteiger partial charge < -0.3 is 9.80 Å². The Hall–Kier alpha value is -2.22. The zero-order valence-electron chi connectivity index (χ0n) is 19.7. The Labute approximate surface area is 209 Å². The van der Waals surface area contributed by atoms with E-state index in [1.165, 1.54) is 24.8 Å². The summed E-state index contributed by atoms with van der Waals surface area (Å²) in [6.45, 7) is 1.97. The highest BCUT2D eigenvalue weighted by molar-refractivity contribution is 9.09. The average molecular weight is 532 g/mol. The molecule has 3 aliphatic rings. The zero-order valence-corrected chi connectivity index (χ0v) is 21.3. The first-order valence-electron chi connectivity index (χ1n) is 12.6. The second-order valence-corrected chi connectivity index (χ2v) is 10.5. The summed E-state index contributed by atoms with van der Waals surface area (Å²) in [6.07, 6.45) is 8.87. The van der Waals surface area contributed by atoms with E-state index in [-0.39, 0.29) is 30.0 Å². The average Bonchev–Trinajstić information content (AvgIpc) is 3.16. The molecule has 0 bridgehead atoms. The summed E-state index contributed by atoms with van der Waals surface area (Å²) >= 11 is 3.45. The third-order valence-corrected chi connectivity index (χ3v) is 7.95. The summed E-state index contributed by atoms with van der Waals surface area (Å²) in [4.78, 5) is 52.8. The fourth-order valence-electron chi connectivity index (χ4n) is 5.37. The van der Waals surface area contributed by atoms with Gasteiger partial charge in [-0.3, -0.25) is 24.5 Å². The maximum absolute atomic E-state index is 12.9. The molecule has 4 rings (SSSR count). The number of hydrogen-bond acceptors (Lipinski definition) is 4. The largest absolute Gasteiger partial charge is 0.343 e. The maximum atomic E-state index is 12.9. The molecular weight excluding hydrogens is 498 g/mol. The van der Waals surface area contributed by atoms with E-state index in [2.05, 4.69) is 27.3 Å². The van der Waals surface area contributed by atoms with Crippen LogP contribution in [0.3, 0.4) is 0 Å². The van der Waals surface area contributed by atoms with Gasteiger partial charge in [-0.1, -0.05) is 47.3 Å². The van der Waals surface area contributed by atoms with Crippen LogP contribution in [-0.4, -0.2) is 57.9 Å². The molecule has 1 aromatic carbocycles. The topological polar surface area (TPSA) is 86.8 Å². The number of halogens is 1. The van der Waals surface area contributed by atoms with Gasteiger partial charge >= 0.3 is 0 Å². The SMILES string of the molecule is O=C1CCC(N2Cc3cc(C4CCN(C(=O)CCCCCCCBr)CC4)ccc3C2=O)C(=O)N1. The van der Waals surface area contributed by atoms with E-state index in [9.17, 15) is 19.2 Å². The van der Waals surface area contributed by atoms with Crippen molar-refractivity contribution in [1.29, 1.82) is 0 Å². The number of carbonyl (C=O) groups is 4. The number of piperidine rings is 2. The number of unbranched alkanes of at least 4 members (excludes halogenated alkanes) is 4. The number of benzene rings is 1. The number of hydrogen-bond donors (Lipinski definition) is 1. The van der Waals surface area contributed by atoms with Gasteiger partial charge in [0.2, 0.25) is 17.7 Å². The van der Waals surface area contributed by atoms with Crippen molar-refractivity contribution in [2.45, 2.75) is 82.7 Å². The number of nitrogens with one attached hydrogen (secondary N) is 1. The summed E-state index contributed by atoms with van der Waals surface area (Å²) in [5.41, 5.74) is 2.80. The fraction of sp³-hybridized carbons (Fsp3) is 0.615. The fourth-order valence-corrected chi connectivity index (χ4v) is 5.77. The summed E-state index contributed by atoms with van der Waals surface area (Å²) in [5, 5.41) is 3.40. The summed E-state index contributed by atoms with van der Waals surface area (Å²) in [5.74, 6) is -0.142. The molecule has 7 nitrogen and oxygen atoms in total. The molecule has 1 atom stereocenters. The van der Waals surface area contributed by atoms with Crippen molar-refractivity contribution in [2.24, 2.45) is 0 Å². The molecule has 2 saturated heterocycles. The minimum atomic E-state index is -0.584. The Morgan fingerprint density at radius 3 is 2.47 bits per heavy atom. The van der Waals surface area contributed by atoms with E-state index >= 15 is 0 Å². The Morgan fingerprint density at radius 2 is 1.74 bits per heavy atom. The van der Waals surface area contributed by atoms with Crippen LogP contribution in [0.5, 0.6) is 0 Å². The molecule has 0 aromatic heterocycles. The van der Waals surface area contributed by atoms with Crippen LogP contribution in [0.15, 0.2) is 18.2 Å². The monoisotopic (exact) mass is 531 g/mol. The standard InChI is InChI=1S/C26H34BrN3O4/c27-13-5-3-1-2-4-6-24(32)29-14-11-18(12-15-29)19-7-8-21-20(16-19)17-30(26(21)34)22-9-10-23(31)28-25(22)33/h7-8,16,18,22H,1-6,9-15,17H2,(H,28,31,33). The highest BCUT2D eigenvalue weighted by Crippen LogP contribution is 2.33. The lowest BCUT2D eigenvalue weighted by Gasteiger charge is -2.32. The first-order chi connectivity index (χ1) is 16.5. The van der Waals surface area contributed by atoms with Gasteiger partial charge in [-0.25, -0.2) is 0 Å². The molecule has 3 aliphatic heterocycles. The third kappa shape index (κ3) is 5.70. The summed E-state index contributed by atoms with van der Waals surface area (Å²) in [7, 11) is 0. The van der Waals surface area contributed by atoms with Crippen LogP contribution in [-0.2, 0) is 20.9 Å². The third-order valence-electron chi connectivity index (χ3n) is 7.39. The lowest BCUT2D eigenvalue weighted by molar-refractivity contribution is -0.137. The van der Waals surface area contributed by atoms with E-state index in [1.807, 2.05) is 17.0 Å². The molecule has 8 heteroatoms. The molecule has 0 saturated carbocycles. The Balaban J connectivity index is 1.28. The van der Waals surface area contributed by atoms with E-state index in [0.717, 1.165) is 49.7 Å². The quantitative estimate of drug-likeness (QED) is 0.297. The van der Waals surface area contributed by atoms with Gasteiger partial charge in [0.15, 0.2) is 0 Å². The second kappa shape index (κ2) is 11.5. The van der Waals surface area contributed by atoms with Crippen molar-refractivity contribution in [3.8, 4) is 0 Å². The molecule has 1 aromatic rings. The van der Waals surface area contributed by atoms with Gasteiger partial charge in [0.05, 0.1) is 0 Å². The van der Waals surface area contributed by atoms with Gasteiger partial charge in [-0.05, 0) is 55.2 Å². The highest BCUT2D eigenvalue weighted by Gasteiger charge is 2.39. The second-order valence-electron chi connectivity index (χ2n) is 9.68. The number of nitrogens with zero attached hydrogens (tertiary/aromatic N) is 2.